The van der Waals surface area contributed by atoms with Crippen LogP contribution in [0.5, 0.6) is 0 Å². The number of hydrogen-bond acceptors (Lipinski definition) is 5. The monoisotopic (exact) mass is 314 g/mol. The van der Waals surface area contributed by atoms with Crippen LogP contribution in [-0.4, -0.2) is 50.9 Å². The molecule has 23 heavy (non-hydrogen) atoms. The minimum Gasteiger partial charge on any atom is -0.334 e. The molecule has 120 valence electrons. The van der Waals surface area contributed by atoms with Crippen molar-refractivity contribution in [1.82, 2.24) is 19.9 Å². The zero-order valence-electron chi connectivity index (χ0n) is 13.3. The standard InChI is InChI=1S/C16H18N4O3/c1-10-16(22)20(11(2)15(21)19(10)3)9-13-17-14(23-18-13)12-7-5-4-6-8-12/h4-8,10-11H,9H2,1-3H3/t10-,11-/m0/s1. The maximum Gasteiger partial charge on any atom is 0.257 e. The van der Waals surface area contributed by atoms with Crippen molar-refractivity contribution in [2.24, 2.45) is 0 Å². The van der Waals surface area contributed by atoms with E-state index in [1.165, 1.54) is 9.80 Å². The van der Waals surface area contributed by atoms with Gasteiger partial charge in [-0.15, -0.1) is 0 Å². The van der Waals surface area contributed by atoms with Crippen molar-refractivity contribution in [2.45, 2.75) is 32.5 Å². The zero-order valence-corrected chi connectivity index (χ0v) is 13.3. The fourth-order valence-electron chi connectivity index (χ4n) is 2.60. The fourth-order valence-corrected chi connectivity index (χ4v) is 2.60. The third-order valence-electron chi connectivity index (χ3n) is 4.19. The van der Waals surface area contributed by atoms with Crippen molar-refractivity contribution in [1.29, 1.82) is 0 Å². The van der Waals surface area contributed by atoms with Gasteiger partial charge in [0.25, 0.3) is 5.89 Å². The molecule has 1 saturated heterocycles. The number of piperazine rings is 1. The van der Waals surface area contributed by atoms with E-state index in [2.05, 4.69) is 10.1 Å². The lowest BCUT2D eigenvalue weighted by molar-refractivity contribution is -0.159. The number of rotatable bonds is 3. The number of carbonyl (C=O) groups is 2. The Morgan fingerprint density at radius 1 is 1.09 bits per heavy atom. The number of aromatic nitrogens is 2. The first-order valence-corrected chi connectivity index (χ1v) is 7.44. The van der Waals surface area contributed by atoms with Crippen molar-refractivity contribution in [2.75, 3.05) is 7.05 Å². The van der Waals surface area contributed by atoms with E-state index in [9.17, 15) is 9.59 Å². The molecule has 3 rings (SSSR count). The van der Waals surface area contributed by atoms with Gasteiger partial charge in [0, 0.05) is 12.6 Å². The van der Waals surface area contributed by atoms with E-state index in [1.54, 1.807) is 20.9 Å². The third kappa shape index (κ3) is 2.69. The summed E-state index contributed by atoms with van der Waals surface area (Å²) < 4.78 is 5.24. The van der Waals surface area contributed by atoms with E-state index in [4.69, 9.17) is 4.52 Å². The molecule has 2 heterocycles. The Morgan fingerprint density at radius 3 is 2.48 bits per heavy atom. The van der Waals surface area contributed by atoms with Gasteiger partial charge in [0.1, 0.15) is 12.1 Å². The Morgan fingerprint density at radius 2 is 1.78 bits per heavy atom. The maximum absolute atomic E-state index is 12.4. The van der Waals surface area contributed by atoms with Crippen LogP contribution in [0, 0.1) is 0 Å². The second-order valence-electron chi connectivity index (χ2n) is 5.65. The quantitative estimate of drug-likeness (QED) is 0.853. The maximum atomic E-state index is 12.4. The van der Waals surface area contributed by atoms with Gasteiger partial charge in [-0.05, 0) is 26.0 Å². The van der Waals surface area contributed by atoms with Gasteiger partial charge in [0.15, 0.2) is 5.82 Å². The number of nitrogens with zero attached hydrogens (tertiary/aromatic N) is 4. The van der Waals surface area contributed by atoms with Crippen LogP contribution in [0.3, 0.4) is 0 Å². The summed E-state index contributed by atoms with van der Waals surface area (Å²) in [4.78, 5) is 31.9. The normalized spacial score (nSPS) is 21.9. The zero-order chi connectivity index (χ0) is 16.6. The average Bonchev–Trinajstić information content (AvgIpc) is 3.05. The first kappa shape index (κ1) is 15.2. The lowest BCUT2D eigenvalue weighted by atomic mass is 10.1. The van der Waals surface area contributed by atoms with Crippen LogP contribution in [0.15, 0.2) is 34.9 Å². The number of likely N-dealkylation sites (N-methyl/N-ethyl adjacent to an activating group) is 1. The minimum absolute atomic E-state index is 0.0936. The molecular weight excluding hydrogens is 296 g/mol. The summed E-state index contributed by atoms with van der Waals surface area (Å²) in [5, 5.41) is 3.92. The van der Waals surface area contributed by atoms with Gasteiger partial charge in [-0.25, -0.2) is 0 Å². The topological polar surface area (TPSA) is 79.5 Å². The Bertz CT molecular complexity index is 728. The number of hydrogen-bond donors (Lipinski definition) is 0. The molecule has 0 spiro atoms. The molecule has 0 saturated carbocycles. The summed E-state index contributed by atoms with van der Waals surface area (Å²) in [6.45, 7) is 3.58. The van der Waals surface area contributed by atoms with Crippen molar-refractivity contribution >= 4 is 11.8 Å². The lowest BCUT2D eigenvalue weighted by Crippen LogP contribution is -2.61. The molecule has 2 amide bonds. The highest BCUT2D eigenvalue weighted by atomic mass is 16.5. The Hall–Kier alpha value is -2.70. The lowest BCUT2D eigenvalue weighted by Gasteiger charge is -2.40. The van der Waals surface area contributed by atoms with Gasteiger partial charge >= 0.3 is 0 Å². The van der Waals surface area contributed by atoms with Crippen LogP contribution in [0.1, 0.15) is 19.7 Å². The smallest absolute Gasteiger partial charge is 0.257 e. The fraction of sp³-hybridized carbons (Fsp3) is 0.375. The second-order valence-corrected chi connectivity index (χ2v) is 5.65. The summed E-state index contributed by atoms with van der Waals surface area (Å²) in [6, 6.07) is 8.37. The molecule has 1 aromatic heterocycles. The highest BCUT2D eigenvalue weighted by molar-refractivity contribution is 5.96. The first-order valence-electron chi connectivity index (χ1n) is 7.44. The summed E-state index contributed by atoms with van der Waals surface area (Å²) in [5.74, 6) is 0.567. The van der Waals surface area contributed by atoms with Gasteiger partial charge in [-0.2, -0.15) is 4.98 Å². The Balaban J connectivity index is 1.80. The molecule has 2 aromatic rings. The van der Waals surface area contributed by atoms with Crippen LogP contribution < -0.4 is 0 Å². The molecule has 2 atom stereocenters. The molecular formula is C16H18N4O3. The molecule has 1 aliphatic heterocycles. The molecule has 7 nitrogen and oxygen atoms in total. The van der Waals surface area contributed by atoms with Gasteiger partial charge in [-0.3, -0.25) is 9.59 Å². The molecule has 0 N–H and O–H groups in total. The van der Waals surface area contributed by atoms with Crippen LogP contribution in [0.4, 0.5) is 0 Å². The predicted octanol–water partition coefficient (Wildman–Crippen LogP) is 1.31. The van der Waals surface area contributed by atoms with Crippen LogP contribution >= 0.6 is 0 Å². The van der Waals surface area contributed by atoms with Crippen LogP contribution in [0.25, 0.3) is 11.5 Å². The minimum atomic E-state index is -0.539. The number of carbonyl (C=O) groups excluding carboxylic acids is 2. The van der Waals surface area contributed by atoms with Gasteiger partial charge < -0.3 is 14.3 Å². The van der Waals surface area contributed by atoms with Crippen LogP contribution in [-0.2, 0) is 16.1 Å². The molecule has 0 aliphatic carbocycles. The molecule has 0 bridgehead atoms. The first-order chi connectivity index (χ1) is 11.0. The second kappa shape index (κ2) is 5.83. The van der Waals surface area contributed by atoms with Crippen LogP contribution in [0.2, 0.25) is 0 Å². The van der Waals surface area contributed by atoms with Crippen molar-refractivity contribution in [3.63, 3.8) is 0 Å². The Kier molecular flexibility index (Phi) is 3.85. The molecule has 1 aromatic carbocycles. The number of amides is 2. The van der Waals surface area contributed by atoms with E-state index in [-0.39, 0.29) is 18.4 Å². The molecule has 0 radical (unpaired) electrons. The van der Waals surface area contributed by atoms with E-state index >= 15 is 0 Å². The van der Waals surface area contributed by atoms with E-state index in [1.807, 2.05) is 30.3 Å². The Labute approximate surface area is 133 Å². The van der Waals surface area contributed by atoms with Gasteiger partial charge in [0.2, 0.25) is 11.8 Å². The predicted molar refractivity (Wildman–Crippen MR) is 82.0 cm³/mol. The molecule has 1 fully saturated rings. The van der Waals surface area contributed by atoms with Crippen molar-refractivity contribution in [3.8, 4) is 11.5 Å². The average molecular weight is 314 g/mol. The SMILES string of the molecule is C[C@H]1C(=O)N(Cc2noc(-c3ccccc3)n2)[C@@H](C)C(=O)N1C. The van der Waals surface area contributed by atoms with Crippen molar-refractivity contribution in [3.05, 3.63) is 36.2 Å². The largest absolute Gasteiger partial charge is 0.334 e. The van der Waals surface area contributed by atoms with E-state index in [0.717, 1.165) is 5.56 Å². The highest BCUT2D eigenvalue weighted by Crippen LogP contribution is 2.20. The summed E-state index contributed by atoms with van der Waals surface area (Å²) in [5.41, 5.74) is 0.813. The molecule has 1 aliphatic rings. The van der Waals surface area contributed by atoms with Gasteiger partial charge in [0.05, 0.1) is 6.54 Å². The van der Waals surface area contributed by atoms with E-state index < -0.39 is 12.1 Å². The number of benzene rings is 1. The molecule has 7 heteroatoms. The van der Waals surface area contributed by atoms with Gasteiger partial charge in [-0.1, -0.05) is 23.4 Å². The summed E-state index contributed by atoms with van der Waals surface area (Å²) in [6.07, 6.45) is 0. The third-order valence-corrected chi connectivity index (χ3v) is 4.19. The highest BCUT2D eigenvalue weighted by Gasteiger charge is 2.40. The van der Waals surface area contributed by atoms with E-state index in [0.29, 0.717) is 11.7 Å². The summed E-state index contributed by atoms with van der Waals surface area (Å²) >= 11 is 0. The van der Waals surface area contributed by atoms with Crippen molar-refractivity contribution < 1.29 is 14.1 Å². The molecule has 0 unspecified atom stereocenters. The summed E-state index contributed by atoms with van der Waals surface area (Å²) in [7, 11) is 1.64.